The molecule has 1 heterocycles. The van der Waals surface area contributed by atoms with E-state index in [-0.39, 0.29) is 17.7 Å². The Morgan fingerprint density at radius 2 is 1.53 bits per heavy atom. The molecule has 0 fully saturated rings. The molecule has 0 bridgehead atoms. The average Bonchev–Trinajstić information content (AvgIpc) is 3.04. The lowest BCUT2D eigenvalue weighted by Crippen LogP contribution is -2.18. The van der Waals surface area contributed by atoms with Crippen LogP contribution >= 0.6 is 0 Å². The smallest absolute Gasteiger partial charge is 0.340 e. The van der Waals surface area contributed by atoms with Crippen molar-refractivity contribution < 1.29 is 19.1 Å². The maximum absolute atomic E-state index is 13.0. The standard InChI is InChI=1S/C25H27N3O4/c1-14(2)32-25(31)21-16(4)22(26-17(21)5)24(30)28-20-13-9-12-19(15(20)3)23(29)27-18-10-7-6-8-11-18/h6-14,26H,1-5H3,(H,27,29)(H,28,30). The van der Waals surface area contributed by atoms with Crippen LogP contribution in [0.1, 0.15) is 61.9 Å². The van der Waals surface area contributed by atoms with Gasteiger partial charge in [-0.15, -0.1) is 0 Å². The molecule has 0 aliphatic rings. The number of para-hydroxylation sites is 1. The Hall–Kier alpha value is -3.87. The molecule has 0 aliphatic heterocycles. The van der Waals surface area contributed by atoms with Gasteiger partial charge in [0.2, 0.25) is 0 Å². The number of amides is 2. The number of carbonyl (C=O) groups excluding carboxylic acids is 3. The highest BCUT2D eigenvalue weighted by molar-refractivity contribution is 6.09. The lowest BCUT2D eigenvalue weighted by molar-refractivity contribution is 0.0376. The maximum Gasteiger partial charge on any atom is 0.340 e. The number of aryl methyl sites for hydroxylation is 1. The predicted octanol–water partition coefficient (Wildman–Crippen LogP) is 5.01. The number of ether oxygens (including phenoxy) is 1. The van der Waals surface area contributed by atoms with Gasteiger partial charge in [0.25, 0.3) is 11.8 Å². The number of carbonyl (C=O) groups is 3. The zero-order valence-corrected chi connectivity index (χ0v) is 18.8. The minimum Gasteiger partial charge on any atom is -0.459 e. The summed E-state index contributed by atoms with van der Waals surface area (Å²) < 4.78 is 5.28. The van der Waals surface area contributed by atoms with Gasteiger partial charge in [0.1, 0.15) is 5.69 Å². The molecule has 0 unspecified atom stereocenters. The van der Waals surface area contributed by atoms with Crippen molar-refractivity contribution in [2.24, 2.45) is 0 Å². The van der Waals surface area contributed by atoms with E-state index in [1.807, 2.05) is 18.2 Å². The largest absolute Gasteiger partial charge is 0.459 e. The van der Waals surface area contributed by atoms with E-state index in [1.165, 1.54) is 0 Å². The predicted molar refractivity (Wildman–Crippen MR) is 124 cm³/mol. The van der Waals surface area contributed by atoms with Crippen LogP contribution in [0.5, 0.6) is 0 Å². The van der Waals surface area contributed by atoms with Crippen LogP contribution in [0.4, 0.5) is 11.4 Å². The topological polar surface area (TPSA) is 100 Å². The number of H-pyrrole nitrogens is 1. The minimum absolute atomic E-state index is 0.263. The molecule has 3 N–H and O–H groups in total. The van der Waals surface area contributed by atoms with Gasteiger partial charge in [-0.25, -0.2) is 4.79 Å². The summed E-state index contributed by atoms with van der Waals surface area (Å²) in [5, 5.41) is 5.69. The molecule has 0 aliphatic carbocycles. The summed E-state index contributed by atoms with van der Waals surface area (Å²) in [7, 11) is 0. The van der Waals surface area contributed by atoms with Gasteiger partial charge < -0.3 is 20.4 Å². The second-order valence-electron chi connectivity index (χ2n) is 7.83. The monoisotopic (exact) mass is 433 g/mol. The number of rotatable bonds is 6. The van der Waals surface area contributed by atoms with E-state index in [2.05, 4.69) is 15.6 Å². The molecule has 0 radical (unpaired) electrons. The first-order chi connectivity index (χ1) is 15.2. The highest BCUT2D eigenvalue weighted by atomic mass is 16.5. The van der Waals surface area contributed by atoms with Gasteiger partial charge in [-0.1, -0.05) is 24.3 Å². The number of benzene rings is 2. The number of aromatic amines is 1. The minimum atomic E-state index is -0.471. The molecule has 2 amide bonds. The Kier molecular flexibility index (Phi) is 6.78. The zero-order valence-electron chi connectivity index (χ0n) is 18.8. The molecule has 2 aromatic carbocycles. The summed E-state index contributed by atoms with van der Waals surface area (Å²) in [5.41, 5.74) is 3.99. The van der Waals surface area contributed by atoms with E-state index in [9.17, 15) is 14.4 Å². The number of hydrogen-bond acceptors (Lipinski definition) is 4. The molecule has 0 saturated carbocycles. The van der Waals surface area contributed by atoms with Crippen molar-refractivity contribution in [2.45, 2.75) is 40.7 Å². The Morgan fingerprint density at radius 3 is 2.19 bits per heavy atom. The molecule has 3 rings (SSSR count). The van der Waals surface area contributed by atoms with E-state index >= 15 is 0 Å². The first-order valence-corrected chi connectivity index (χ1v) is 10.4. The Balaban J connectivity index is 1.82. The Labute approximate surface area is 187 Å². The van der Waals surface area contributed by atoms with E-state index in [1.54, 1.807) is 65.0 Å². The number of nitrogens with one attached hydrogen (secondary N) is 3. The molecule has 7 heteroatoms. The normalized spacial score (nSPS) is 10.7. The van der Waals surface area contributed by atoms with Crippen LogP contribution in [0.2, 0.25) is 0 Å². The number of aromatic nitrogens is 1. The number of esters is 1. The summed E-state index contributed by atoms with van der Waals surface area (Å²) >= 11 is 0. The van der Waals surface area contributed by atoms with E-state index in [4.69, 9.17) is 4.74 Å². The molecule has 0 spiro atoms. The highest BCUT2D eigenvalue weighted by Crippen LogP contribution is 2.24. The van der Waals surface area contributed by atoms with Gasteiger partial charge in [0.15, 0.2) is 0 Å². The van der Waals surface area contributed by atoms with Gasteiger partial charge in [-0.05, 0) is 70.0 Å². The molecule has 1 aromatic heterocycles. The van der Waals surface area contributed by atoms with E-state index in [0.717, 1.165) is 0 Å². The molecule has 32 heavy (non-hydrogen) atoms. The molecule has 0 saturated heterocycles. The van der Waals surface area contributed by atoms with Crippen molar-refractivity contribution in [3.05, 3.63) is 82.2 Å². The molecule has 7 nitrogen and oxygen atoms in total. The zero-order chi connectivity index (χ0) is 23.4. The van der Waals surface area contributed by atoms with Crippen LogP contribution in [-0.2, 0) is 4.74 Å². The third-order valence-corrected chi connectivity index (χ3v) is 5.07. The quantitative estimate of drug-likeness (QED) is 0.476. The summed E-state index contributed by atoms with van der Waals surface area (Å²) in [4.78, 5) is 41.1. The van der Waals surface area contributed by atoms with Crippen LogP contribution in [0, 0.1) is 20.8 Å². The highest BCUT2D eigenvalue weighted by Gasteiger charge is 2.24. The van der Waals surface area contributed by atoms with Crippen molar-refractivity contribution in [1.29, 1.82) is 0 Å². The van der Waals surface area contributed by atoms with Crippen LogP contribution in [0.25, 0.3) is 0 Å². The molecular formula is C25H27N3O4. The second-order valence-corrected chi connectivity index (χ2v) is 7.83. The fourth-order valence-corrected chi connectivity index (χ4v) is 3.48. The van der Waals surface area contributed by atoms with Crippen molar-refractivity contribution in [3.63, 3.8) is 0 Å². The lowest BCUT2D eigenvalue weighted by atomic mass is 10.1. The van der Waals surface area contributed by atoms with E-state index < -0.39 is 11.9 Å². The van der Waals surface area contributed by atoms with Crippen LogP contribution in [0.15, 0.2) is 48.5 Å². The summed E-state index contributed by atoms with van der Waals surface area (Å²) in [5.74, 6) is -1.14. The molecule has 3 aromatic rings. The summed E-state index contributed by atoms with van der Waals surface area (Å²) in [6.07, 6.45) is -0.263. The third kappa shape index (κ3) is 4.88. The van der Waals surface area contributed by atoms with Crippen molar-refractivity contribution in [3.8, 4) is 0 Å². The Bertz CT molecular complexity index is 1160. The number of hydrogen-bond donors (Lipinski definition) is 3. The first-order valence-electron chi connectivity index (χ1n) is 10.4. The first kappa shape index (κ1) is 22.8. The van der Waals surface area contributed by atoms with Gasteiger partial charge in [-0.3, -0.25) is 9.59 Å². The maximum atomic E-state index is 13.0. The SMILES string of the molecule is Cc1[nH]c(C(=O)Nc2cccc(C(=O)Nc3ccccc3)c2C)c(C)c1C(=O)OC(C)C. The van der Waals surface area contributed by atoms with Gasteiger partial charge in [-0.2, -0.15) is 0 Å². The van der Waals surface area contributed by atoms with Crippen molar-refractivity contribution in [1.82, 2.24) is 4.98 Å². The fraction of sp³-hybridized carbons (Fsp3) is 0.240. The van der Waals surface area contributed by atoms with Crippen LogP contribution in [0.3, 0.4) is 0 Å². The summed E-state index contributed by atoms with van der Waals surface area (Å²) in [6.45, 7) is 8.74. The second kappa shape index (κ2) is 9.51. The number of anilines is 2. The van der Waals surface area contributed by atoms with Gasteiger partial charge in [0.05, 0.1) is 11.7 Å². The molecule has 166 valence electrons. The van der Waals surface area contributed by atoms with Crippen molar-refractivity contribution >= 4 is 29.2 Å². The molecular weight excluding hydrogens is 406 g/mol. The molecule has 0 atom stereocenters. The van der Waals surface area contributed by atoms with Gasteiger partial charge >= 0.3 is 5.97 Å². The lowest BCUT2D eigenvalue weighted by Gasteiger charge is -2.13. The Morgan fingerprint density at radius 1 is 0.844 bits per heavy atom. The summed E-state index contributed by atoms with van der Waals surface area (Å²) in [6, 6.07) is 14.3. The van der Waals surface area contributed by atoms with Crippen molar-refractivity contribution in [2.75, 3.05) is 10.6 Å². The van der Waals surface area contributed by atoms with Crippen LogP contribution in [-0.4, -0.2) is 28.9 Å². The van der Waals surface area contributed by atoms with Gasteiger partial charge in [0, 0.05) is 22.6 Å². The fourth-order valence-electron chi connectivity index (χ4n) is 3.48. The third-order valence-electron chi connectivity index (χ3n) is 5.07. The van der Waals surface area contributed by atoms with E-state index in [0.29, 0.717) is 39.3 Å². The van der Waals surface area contributed by atoms with Crippen LogP contribution < -0.4 is 10.6 Å². The average molecular weight is 434 g/mol.